The number of nitrogens with zero attached hydrogens (tertiary/aromatic N) is 2. The summed E-state index contributed by atoms with van der Waals surface area (Å²) in [5, 5.41) is 3.82. The standard InChI is InChI=1S/C10H8BrClN2OS/c11-7-2-1-3-8(4-7)16-6-9-13-10(5-12)15-14-9/h1-4H,5-6H2. The van der Waals surface area contributed by atoms with Crippen LogP contribution in [0.4, 0.5) is 0 Å². The molecule has 2 aromatic rings. The summed E-state index contributed by atoms with van der Waals surface area (Å²) in [6.07, 6.45) is 0. The molecule has 0 spiro atoms. The maximum absolute atomic E-state index is 5.57. The molecular formula is C10H8BrClN2OS. The summed E-state index contributed by atoms with van der Waals surface area (Å²) in [5.41, 5.74) is 0. The molecule has 0 aliphatic rings. The predicted molar refractivity (Wildman–Crippen MR) is 67.6 cm³/mol. The summed E-state index contributed by atoms with van der Waals surface area (Å²) >= 11 is 10.6. The van der Waals surface area contributed by atoms with Gasteiger partial charge in [-0.25, -0.2) is 0 Å². The van der Waals surface area contributed by atoms with E-state index in [9.17, 15) is 0 Å². The molecule has 3 nitrogen and oxygen atoms in total. The van der Waals surface area contributed by atoms with E-state index in [0.717, 1.165) is 9.37 Å². The van der Waals surface area contributed by atoms with Gasteiger partial charge in [-0.1, -0.05) is 27.2 Å². The van der Waals surface area contributed by atoms with Crippen molar-refractivity contribution in [3.63, 3.8) is 0 Å². The third-order valence-electron chi connectivity index (χ3n) is 1.79. The van der Waals surface area contributed by atoms with Crippen molar-refractivity contribution in [3.05, 3.63) is 40.5 Å². The van der Waals surface area contributed by atoms with Gasteiger partial charge in [0.05, 0.1) is 5.75 Å². The molecule has 0 saturated carbocycles. The largest absolute Gasteiger partial charge is 0.338 e. The van der Waals surface area contributed by atoms with Gasteiger partial charge in [0.25, 0.3) is 0 Å². The quantitative estimate of drug-likeness (QED) is 0.633. The maximum atomic E-state index is 5.57. The highest BCUT2D eigenvalue weighted by atomic mass is 79.9. The lowest BCUT2D eigenvalue weighted by atomic mass is 10.4. The molecule has 1 aromatic heterocycles. The number of alkyl halides is 1. The first-order chi connectivity index (χ1) is 7.78. The lowest BCUT2D eigenvalue weighted by molar-refractivity contribution is 0.386. The average Bonchev–Trinajstić information content (AvgIpc) is 2.74. The van der Waals surface area contributed by atoms with E-state index in [1.54, 1.807) is 11.8 Å². The molecule has 0 unspecified atom stereocenters. The second kappa shape index (κ2) is 5.70. The fourth-order valence-electron chi connectivity index (χ4n) is 1.11. The zero-order valence-corrected chi connectivity index (χ0v) is 11.3. The van der Waals surface area contributed by atoms with Gasteiger partial charge in [-0.3, -0.25) is 0 Å². The van der Waals surface area contributed by atoms with Crippen LogP contribution in [0.3, 0.4) is 0 Å². The number of thioether (sulfide) groups is 1. The molecule has 0 fully saturated rings. The predicted octanol–water partition coefficient (Wildman–Crippen LogP) is 3.86. The van der Waals surface area contributed by atoms with E-state index in [4.69, 9.17) is 16.1 Å². The molecular weight excluding hydrogens is 312 g/mol. The van der Waals surface area contributed by atoms with E-state index in [-0.39, 0.29) is 5.88 Å². The summed E-state index contributed by atoms with van der Waals surface area (Å²) in [6.45, 7) is 0. The molecule has 2 rings (SSSR count). The fraction of sp³-hybridized carbons (Fsp3) is 0.200. The number of benzene rings is 1. The topological polar surface area (TPSA) is 38.9 Å². The van der Waals surface area contributed by atoms with E-state index < -0.39 is 0 Å². The normalized spacial score (nSPS) is 10.6. The summed E-state index contributed by atoms with van der Waals surface area (Å²) < 4.78 is 5.97. The average molecular weight is 320 g/mol. The van der Waals surface area contributed by atoms with Crippen molar-refractivity contribution in [1.29, 1.82) is 0 Å². The van der Waals surface area contributed by atoms with Crippen molar-refractivity contribution in [2.24, 2.45) is 0 Å². The summed E-state index contributed by atoms with van der Waals surface area (Å²) in [4.78, 5) is 5.28. The summed E-state index contributed by atoms with van der Waals surface area (Å²) in [6, 6.07) is 8.07. The second-order valence-corrected chi connectivity index (χ2v) is 5.22. The van der Waals surface area contributed by atoms with Gasteiger partial charge in [-0.15, -0.1) is 23.4 Å². The van der Waals surface area contributed by atoms with Crippen LogP contribution in [0.1, 0.15) is 11.7 Å². The second-order valence-electron chi connectivity index (χ2n) is 2.98. The van der Waals surface area contributed by atoms with Crippen molar-refractivity contribution < 1.29 is 4.52 Å². The Morgan fingerprint density at radius 3 is 3.00 bits per heavy atom. The summed E-state index contributed by atoms with van der Waals surface area (Å²) in [5.74, 6) is 2.07. The van der Waals surface area contributed by atoms with Crippen molar-refractivity contribution in [3.8, 4) is 0 Å². The van der Waals surface area contributed by atoms with Crippen molar-refractivity contribution >= 4 is 39.3 Å². The van der Waals surface area contributed by atoms with Gasteiger partial charge in [0.1, 0.15) is 5.88 Å². The molecule has 84 valence electrons. The molecule has 16 heavy (non-hydrogen) atoms. The Morgan fingerprint density at radius 1 is 1.44 bits per heavy atom. The zero-order valence-electron chi connectivity index (χ0n) is 8.19. The Balaban J connectivity index is 1.96. The van der Waals surface area contributed by atoms with Gasteiger partial charge < -0.3 is 4.52 Å². The van der Waals surface area contributed by atoms with Crippen molar-refractivity contribution in [2.45, 2.75) is 16.5 Å². The van der Waals surface area contributed by atoms with Gasteiger partial charge in [0.2, 0.25) is 5.89 Å². The maximum Gasteiger partial charge on any atom is 0.241 e. The monoisotopic (exact) mass is 318 g/mol. The third-order valence-corrected chi connectivity index (χ3v) is 3.50. The van der Waals surface area contributed by atoms with Crippen LogP contribution in [-0.4, -0.2) is 10.1 Å². The number of aromatic nitrogens is 2. The van der Waals surface area contributed by atoms with Crippen LogP contribution < -0.4 is 0 Å². The van der Waals surface area contributed by atoms with E-state index >= 15 is 0 Å². The molecule has 1 heterocycles. The zero-order chi connectivity index (χ0) is 11.4. The van der Waals surface area contributed by atoms with Crippen molar-refractivity contribution in [2.75, 3.05) is 0 Å². The molecule has 0 radical (unpaired) electrons. The Bertz CT molecular complexity index is 477. The highest BCUT2D eigenvalue weighted by Gasteiger charge is 2.05. The van der Waals surface area contributed by atoms with Crippen LogP contribution in [0.2, 0.25) is 0 Å². The molecule has 0 aliphatic carbocycles. The Hall–Kier alpha value is -0.520. The molecule has 0 amide bonds. The van der Waals surface area contributed by atoms with Gasteiger partial charge in [-0.05, 0) is 18.2 Å². The lowest BCUT2D eigenvalue weighted by Crippen LogP contribution is -1.84. The van der Waals surface area contributed by atoms with E-state index in [0.29, 0.717) is 17.5 Å². The molecule has 6 heteroatoms. The molecule has 0 N–H and O–H groups in total. The third kappa shape index (κ3) is 3.23. The Kier molecular flexibility index (Phi) is 4.26. The smallest absolute Gasteiger partial charge is 0.241 e. The minimum Gasteiger partial charge on any atom is -0.338 e. The van der Waals surface area contributed by atoms with Crippen LogP contribution in [-0.2, 0) is 11.6 Å². The van der Waals surface area contributed by atoms with Crippen LogP contribution in [0.15, 0.2) is 38.2 Å². The van der Waals surface area contributed by atoms with Crippen LogP contribution in [0.25, 0.3) is 0 Å². The van der Waals surface area contributed by atoms with Crippen LogP contribution in [0.5, 0.6) is 0 Å². The number of halogens is 2. The first-order valence-electron chi connectivity index (χ1n) is 4.54. The van der Waals surface area contributed by atoms with Gasteiger partial charge in [0, 0.05) is 9.37 Å². The molecule has 0 saturated heterocycles. The minimum absolute atomic E-state index is 0.258. The van der Waals surface area contributed by atoms with Gasteiger partial charge in [-0.2, -0.15) is 4.98 Å². The van der Waals surface area contributed by atoms with E-state index in [1.807, 2.05) is 24.3 Å². The molecule has 1 aromatic carbocycles. The highest BCUT2D eigenvalue weighted by molar-refractivity contribution is 9.10. The van der Waals surface area contributed by atoms with E-state index in [2.05, 4.69) is 26.1 Å². The first-order valence-corrected chi connectivity index (χ1v) is 6.85. The lowest BCUT2D eigenvalue weighted by Gasteiger charge is -1.98. The Labute approximate surface area is 111 Å². The van der Waals surface area contributed by atoms with Crippen LogP contribution >= 0.6 is 39.3 Å². The van der Waals surface area contributed by atoms with E-state index in [1.165, 1.54) is 0 Å². The number of hydrogen-bond donors (Lipinski definition) is 0. The van der Waals surface area contributed by atoms with Gasteiger partial charge in [0.15, 0.2) is 5.82 Å². The molecule has 0 bridgehead atoms. The highest BCUT2D eigenvalue weighted by Crippen LogP contribution is 2.24. The SMILES string of the molecule is ClCc1nc(CSc2cccc(Br)c2)no1. The molecule has 0 atom stereocenters. The number of rotatable bonds is 4. The minimum atomic E-state index is 0.258. The fourth-order valence-corrected chi connectivity index (χ4v) is 2.57. The first kappa shape index (κ1) is 12.0. The van der Waals surface area contributed by atoms with Crippen molar-refractivity contribution in [1.82, 2.24) is 10.1 Å². The molecule has 0 aliphatic heterocycles. The van der Waals surface area contributed by atoms with Crippen LogP contribution in [0, 0.1) is 0 Å². The summed E-state index contributed by atoms with van der Waals surface area (Å²) in [7, 11) is 0. The number of hydrogen-bond acceptors (Lipinski definition) is 4. The Morgan fingerprint density at radius 2 is 2.31 bits per heavy atom. The van der Waals surface area contributed by atoms with Gasteiger partial charge >= 0.3 is 0 Å².